The van der Waals surface area contributed by atoms with Crippen LogP contribution in [0.4, 0.5) is 5.82 Å². The number of nitrogen functional groups attached to an aromatic ring is 1. The van der Waals surface area contributed by atoms with Crippen molar-refractivity contribution in [2.45, 2.75) is 12.7 Å². The SMILES string of the molecule is CCSCc1[nH]cnc1N. The molecule has 3 N–H and O–H groups in total. The second-order valence-electron chi connectivity index (χ2n) is 1.90. The molecule has 0 unspecified atom stereocenters. The number of thioether (sulfide) groups is 1. The number of aromatic nitrogens is 2. The van der Waals surface area contributed by atoms with Gasteiger partial charge in [-0.15, -0.1) is 0 Å². The molecule has 3 nitrogen and oxygen atoms in total. The zero-order valence-electron chi connectivity index (χ0n) is 5.92. The number of anilines is 1. The predicted molar refractivity (Wildman–Crippen MR) is 44.8 cm³/mol. The molecule has 0 saturated carbocycles. The van der Waals surface area contributed by atoms with Gasteiger partial charge in [-0.1, -0.05) is 6.92 Å². The van der Waals surface area contributed by atoms with Gasteiger partial charge in [-0.05, 0) is 5.75 Å². The van der Waals surface area contributed by atoms with Gasteiger partial charge < -0.3 is 10.7 Å². The van der Waals surface area contributed by atoms with Gasteiger partial charge in [0.15, 0.2) is 0 Å². The van der Waals surface area contributed by atoms with E-state index in [9.17, 15) is 0 Å². The Morgan fingerprint density at radius 2 is 2.60 bits per heavy atom. The first-order valence-corrected chi connectivity index (χ1v) is 4.35. The Labute approximate surface area is 64.4 Å². The quantitative estimate of drug-likeness (QED) is 0.694. The van der Waals surface area contributed by atoms with Crippen LogP contribution < -0.4 is 5.73 Å². The normalized spacial score (nSPS) is 10.1. The van der Waals surface area contributed by atoms with E-state index >= 15 is 0 Å². The fourth-order valence-electron chi connectivity index (χ4n) is 0.651. The molecule has 0 aliphatic heterocycles. The van der Waals surface area contributed by atoms with Crippen molar-refractivity contribution in [3.8, 4) is 0 Å². The Balaban J connectivity index is 2.49. The topological polar surface area (TPSA) is 54.7 Å². The zero-order valence-corrected chi connectivity index (χ0v) is 6.74. The summed E-state index contributed by atoms with van der Waals surface area (Å²) in [5.41, 5.74) is 6.56. The maximum absolute atomic E-state index is 5.53. The van der Waals surface area contributed by atoms with Gasteiger partial charge >= 0.3 is 0 Å². The molecule has 0 fully saturated rings. The van der Waals surface area contributed by atoms with Gasteiger partial charge in [0.1, 0.15) is 5.82 Å². The number of nitrogens with one attached hydrogen (secondary N) is 1. The summed E-state index contributed by atoms with van der Waals surface area (Å²) in [5, 5.41) is 0. The minimum absolute atomic E-state index is 0.626. The smallest absolute Gasteiger partial charge is 0.145 e. The average molecular weight is 157 g/mol. The Hall–Kier alpha value is -0.640. The molecule has 0 atom stereocenters. The van der Waals surface area contributed by atoms with Crippen molar-refractivity contribution < 1.29 is 0 Å². The molecule has 0 aromatic carbocycles. The van der Waals surface area contributed by atoms with Crippen LogP contribution in [-0.4, -0.2) is 15.7 Å². The minimum Gasteiger partial charge on any atom is -0.382 e. The molecule has 1 rings (SSSR count). The number of aromatic amines is 1. The third kappa shape index (κ3) is 1.67. The lowest BCUT2D eigenvalue weighted by molar-refractivity contribution is 1.23. The molecule has 1 aromatic rings. The van der Waals surface area contributed by atoms with Crippen molar-refractivity contribution in [1.82, 2.24) is 9.97 Å². The first-order chi connectivity index (χ1) is 4.84. The maximum atomic E-state index is 5.53. The number of nitrogens with two attached hydrogens (primary N) is 1. The van der Waals surface area contributed by atoms with Crippen molar-refractivity contribution in [3.05, 3.63) is 12.0 Å². The highest BCUT2D eigenvalue weighted by Gasteiger charge is 1.98. The van der Waals surface area contributed by atoms with Crippen LogP contribution in [0, 0.1) is 0 Å². The number of imidazole rings is 1. The Morgan fingerprint density at radius 3 is 3.10 bits per heavy atom. The molecule has 0 aliphatic rings. The fourth-order valence-corrected chi connectivity index (χ4v) is 1.29. The highest BCUT2D eigenvalue weighted by atomic mass is 32.2. The number of nitrogens with zero attached hydrogens (tertiary/aromatic N) is 1. The molecular weight excluding hydrogens is 146 g/mol. The summed E-state index contributed by atoms with van der Waals surface area (Å²) >= 11 is 1.83. The van der Waals surface area contributed by atoms with Crippen LogP contribution in [0.1, 0.15) is 12.6 Å². The molecule has 0 radical (unpaired) electrons. The number of hydrogen-bond donors (Lipinski definition) is 2. The van der Waals surface area contributed by atoms with Crippen LogP contribution >= 0.6 is 11.8 Å². The van der Waals surface area contributed by atoms with E-state index in [1.807, 2.05) is 11.8 Å². The summed E-state index contributed by atoms with van der Waals surface area (Å²) in [5.74, 6) is 2.67. The molecule has 10 heavy (non-hydrogen) atoms. The molecule has 56 valence electrons. The van der Waals surface area contributed by atoms with Crippen LogP contribution in [0.15, 0.2) is 6.33 Å². The number of hydrogen-bond acceptors (Lipinski definition) is 3. The highest BCUT2D eigenvalue weighted by molar-refractivity contribution is 7.98. The second kappa shape index (κ2) is 3.51. The Bertz CT molecular complexity index is 197. The van der Waals surface area contributed by atoms with Gasteiger partial charge in [0.05, 0.1) is 12.0 Å². The highest BCUT2D eigenvalue weighted by Crippen LogP contribution is 2.13. The van der Waals surface area contributed by atoms with Gasteiger partial charge in [0.25, 0.3) is 0 Å². The first kappa shape index (κ1) is 7.47. The van der Waals surface area contributed by atoms with Crippen molar-refractivity contribution in [1.29, 1.82) is 0 Å². The average Bonchev–Trinajstić information content (AvgIpc) is 2.31. The standard InChI is InChI=1S/C6H11N3S/c1-2-10-3-5-6(7)9-4-8-5/h4H,2-3,7H2,1H3,(H,8,9). The van der Waals surface area contributed by atoms with Crippen molar-refractivity contribution in [2.75, 3.05) is 11.5 Å². The van der Waals surface area contributed by atoms with E-state index in [1.54, 1.807) is 6.33 Å². The number of H-pyrrole nitrogens is 1. The molecular formula is C6H11N3S. The molecule has 0 spiro atoms. The van der Waals surface area contributed by atoms with E-state index in [0.717, 1.165) is 17.2 Å². The lowest BCUT2D eigenvalue weighted by Gasteiger charge is -1.94. The van der Waals surface area contributed by atoms with Crippen molar-refractivity contribution in [2.24, 2.45) is 0 Å². The third-order valence-electron chi connectivity index (χ3n) is 1.20. The van der Waals surface area contributed by atoms with Gasteiger partial charge in [0, 0.05) is 5.75 Å². The molecule has 0 saturated heterocycles. The molecule has 1 aromatic heterocycles. The molecule has 0 bridgehead atoms. The fraction of sp³-hybridized carbons (Fsp3) is 0.500. The largest absolute Gasteiger partial charge is 0.382 e. The van der Waals surface area contributed by atoms with Gasteiger partial charge in [-0.2, -0.15) is 11.8 Å². The zero-order chi connectivity index (χ0) is 7.40. The van der Waals surface area contributed by atoms with Crippen molar-refractivity contribution >= 4 is 17.6 Å². The van der Waals surface area contributed by atoms with E-state index < -0.39 is 0 Å². The molecule has 1 heterocycles. The summed E-state index contributed by atoms with van der Waals surface area (Å²) in [6.45, 7) is 2.12. The second-order valence-corrected chi connectivity index (χ2v) is 3.18. The summed E-state index contributed by atoms with van der Waals surface area (Å²) in [7, 11) is 0. The van der Waals surface area contributed by atoms with Crippen LogP contribution in [0.5, 0.6) is 0 Å². The lowest BCUT2D eigenvalue weighted by Crippen LogP contribution is -1.90. The van der Waals surface area contributed by atoms with Crippen LogP contribution in [0.2, 0.25) is 0 Å². The van der Waals surface area contributed by atoms with Crippen LogP contribution in [0.25, 0.3) is 0 Å². The Kier molecular flexibility index (Phi) is 2.62. The first-order valence-electron chi connectivity index (χ1n) is 3.20. The summed E-state index contributed by atoms with van der Waals surface area (Å²) < 4.78 is 0. The van der Waals surface area contributed by atoms with Gasteiger partial charge in [-0.25, -0.2) is 4.98 Å². The number of rotatable bonds is 3. The maximum Gasteiger partial charge on any atom is 0.145 e. The predicted octanol–water partition coefficient (Wildman–Crippen LogP) is 1.24. The van der Waals surface area contributed by atoms with Crippen molar-refractivity contribution in [3.63, 3.8) is 0 Å². The van der Waals surface area contributed by atoms with E-state index in [1.165, 1.54) is 0 Å². The van der Waals surface area contributed by atoms with Gasteiger partial charge in [-0.3, -0.25) is 0 Å². The van der Waals surface area contributed by atoms with Crippen LogP contribution in [0.3, 0.4) is 0 Å². The summed E-state index contributed by atoms with van der Waals surface area (Å²) in [4.78, 5) is 6.86. The third-order valence-corrected chi connectivity index (χ3v) is 2.10. The molecule has 0 aliphatic carbocycles. The van der Waals surface area contributed by atoms with E-state index in [4.69, 9.17) is 5.73 Å². The Morgan fingerprint density at radius 1 is 1.80 bits per heavy atom. The molecule has 0 amide bonds. The van der Waals surface area contributed by atoms with E-state index in [2.05, 4.69) is 16.9 Å². The lowest BCUT2D eigenvalue weighted by atomic mass is 10.5. The monoisotopic (exact) mass is 157 g/mol. The molecule has 4 heteroatoms. The van der Waals surface area contributed by atoms with Gasteiger partial charge in [0.2, 0.25) is 0 Å². The van der Waals surface area contributed by atoms with E-state index in [0.29, 0.717) is 5.82 Å². The summed E-state index contributed by atoms with van der Waals surface area (Å²) in [6, 6.07) is 0. The van der Waals surface area contributed by atoms with Crippen LogP contribution in [-0.2, 0) is 5.75 Å². The minimum atomic E-state index is 0.626. The van der Waals surface area contributed by atoms with E-state index in [-0.39, 0.29) is 0 Å². The summed E-state index contributed by atoms with van der Waals surface area (Å²) in [6.07, 6.45) is 1.63.